The molecule has 0 spiro atoms. The number of rotatable bonds is 7. The van der Waals surface area contributed by atoms with Crippen LogP contribution >= 0.6 is 0 Å². The van der Waals surface area contributed by atoms with Crippen molar-refractivity contribution >= 4 is 15.6 Å². The van der Waals surface area contributed by atoms with E-state index >= 15 is 0 Å². The van der Waals surface area contributed by atoms with Crippen molar-refractivity contribution in [3.8, 4) is 0 Å². The summed E-state index contributed by atoms with van der Waals surface area (Å²) < 4.78 is 23.4. The van der Waals surface area contributed by atoms with E-state index in [4.69, 9.17) is 0 Å². The molecule has 0 bridgehead atoms. The summed E-state index contributed by atoms with van der Waals surface area (Å²) in [6.45, 7) is 3.95. The summed E-state index contributed by atoms with van der Waals surface area (Å²) in [6.07, 6.45) is 0.808. The predicted molar refractivity (Wildman–Crippen MR) is 73.3 cm³/mol. The molecule has 0 saturated heterocycles. The lowest BCUT2D eigenvalue weighted by Gasteiger charge is -2.06. The number of carbonyl (C=O) groups excluding carboxylic acids is 1. The molecule has 0 aliphatic heterocycles. The minimum atomic E-state index is -3.25. The quantitative estimate of drug-likeness (QED) is 0.762. The fourth-order valence-corrected chi connectivity index (χ4v) is 3.17. The summed E-state index contributed by atoms with van der Waals surface area (Å²) in [5.41, 5.74) is 0.863. The van der Waals surface area contributed by atoms with Crippen LogP contribution < -0.4 is 0 Å². The second-order valence-corrected chi connectivity index (χ2v) is 7.16. The Balaban J connectivity index is 2.49. The standard InChI is InChI=1S/C14H20O3S/c1-12(2)8-9-18(16,17)11-14(15)10-13-6-4-3-5-7-13/h3-7,12H,8-11H2,1-2H3. The molecule has 0 unspecified atom stereocenters. The van der Waals surface area contributed by atoms with Crippen LogP contribution in [0.15, 0.2) is 30.3 Å². The van der Waals surface area contributed by atoms with E-state index in [0.29, 0.717) is 12.3 Å². The highest BCUT2D eigenvalue weighted by atomic mass is 32.2. The lowest BCUT2D eigenvalue weighted by Crippen LogP contribution is -2.21. The molecule has 3 nitrogen and oxygen atoms in total. The first-order valence-corrected chi connectivity index (χ1v) is 7.97. The number of carbonyl (C=O) groups is 1. The Morgan fingerprint density at radius 3 is 2.33 bits per heavy atom. The first-order valence-electron chi connectivity index (χ1n) is 6.15. The Kier molecular flexibility index (Phi) is 5.54. The van der Waals surface area contributed by atoms with Crippen LogP contribution in [0.1, 0.15) is 25.8 Å². The van der Waals surface area contributed by atoms with E-state index in [9.17, 15) is 13.2 Å². The molecule has 0 heterocycles. The van der Waals surface area contributed by atoms with Crippen molar-refractivity contribution in [1.82, 2.24) is 0 Å². The average molecular weight is 268 g/mol. The van der Waals surface area contributed by atoms with Crippen molar-refractivity contribution in [1.29, 1.82) is 0 Å². The Morgan fingerprint density at radius 2 is 1.78 bits per heavy atom. The van der Waals surface area contributed by atoms with Crippen LogP contribution in [0.2, 0.25) is 0 Å². The largest absolute Gasteiger partial charge is 0.298 e. The van der Waals surface area contributed by atoms with Crippen LogP contribution in [0.4, 0.5) is 0 Å². The van der Waals surface area contributed by atoms with Gasteiger partial charge in [0.2, 0.25) is 0 Å². The van der Waals surface area contributed by atoms with Crippen molar-refractivity contribution in [3.05, 3.63) is 35.9 Å². The number of benzene rings is 1. The van der Waals surface area contributed by atoms with E-state index in [-0.39, 0.29) is 23.7 Å². The highest BCUT2D eigenvalue weighted by Gasteiger charge is 2.17. The molecule has 0 N–H and O–H groups in total. The molecular weight excluding hydrogens is 248 g/mol. The van der Waals surface area contributed by atoms with Crippen LogP contribution in [0.5, 0.6) is 0 Å². The second-order valence-electron chi connectivity index (χ2n) is 4.98. The van der Waals surface area contributed by atoms with Gasteiger partial charge in [0.15, 0.2) is 15.6 Å². The maximum Gasteiger partial charge on any atom is 0.157 e. The minimum absolute atomic E-state index is 0.102. The van der Waals surface area contributed by atoms with E-state index in [1.165, 1.54) is 0 Å². The molecule has 0 radical (unpaired) electrons. The third-order valence-electron chi connectivity index (χ3n) is 2.63. The van der Waals surface area contributed by atoms with Gasteiger partial charge in [-0.05, 0) is 17.9 Å². The topological polar surface area (TPSA) is 51.2 Å². The van der Waals surface area contributed by atoms with Crippen LogP contribution in [0.25, 0.3) is 0 Å². The number of Topliss-reactive ketones (excluding diaryl/α,β-unsaturated/α-hetero) is 1. The van der Waals surface area contributed by atoms with Crippen LogP contribution in [0.3, 0.4) is 0 Å². The van der Waals surface area contributed by atoms with Gasteiger partial charge < -0.3 is 0 Å². The molecule has 4 heteroatoms. The van der Waals surface area contributed by atoms with Crippen molar-refractivity contribution in [3.63, 3.8) is 0 Å². The molecule has 0 amide bonds. The highest BCUT2D eigenvalue weighted by Crippen LogP contribution is 2.06. The van der Waals surface area contributed by atoms with Gasteiger partial charge in [0.25, 0.3) is 0 Å². The van der Waals surface area contributed by atoms with E-state index < -0.39 is 9.84 Å². The van der Waals surface area contributed by atoms with Crippen molar-refractivity contribution in [2.24, 2.45) is 5.92 Å². The number of sulfone groups is 1. The zero-order chi connectivity index (χ0) is 13.6. The first kappa shape index (κ1) is 14.9. The Labute approximate surface area is 109 Å². The maximum absolute atomic E-state index is 11.7. The summed E-state index contributed by atoms with van der Waals surface area (Å²) in [5.74, 6) is -0.131. The SMILES string of the molecule is CC(C)CCS(=O)(=O)CC(=O)Cc1ccccc1. The molecular formula is C14H20O3S. The van der Waals surface area contributed by atoms with Crippen LogP contribution in [0, 0.1) is 5.92 Å². The van der Waals surface area contributed by atoms with Gasteiger partial charge in [-0.15, -0.1) is 0 Å². The van der Waals surface area contributed by atoms with Gasteiger partial charge >= 0.3 is 0 Å². The van der Waals surface area contributed by atoms with E-state index in [1.54, 1.807) is 0 Å². The van der Waals surface area contributed by atoms with E-state index in [2.05, 4.69) is 0 Å². The van der Waals surface area contributed by atoms with E-state index in [0.717, 1.165) is 5.56 Å². The number of hydrogen-bond acceptors (Lipinski definition) is 3. The summed E-state index contributed by atoms with van der Waals surface area (Å²) in [7, 11) is -3.25. The fourth-order valence-electron chi connectivity index (χ4n) is 1.61. The number of hydrogen-bond donors (Lipinski definition) is 0. The molecule has 18 heavy (non-hydrogen) atoms. The molecule has 1 aromatic rings. The minimum Gasteiger partial charge on any atom is -0.298 e. The smallest absolute Gasteiger partial charge is 0.157 e. The molecule has 0 saturated carbocycles. The van der Waals surface area contributed by atoms with Gasteiger partial charge in [-0.1, -0.05) is 44.2 Å². The normalized spacial score (nSPS) is 11.7. The van der Waals surface area contributed by atoms with Gasteiger partial charge in [0.1, 0.15) is 5.75 Å². The molecule has 0 aliphatic carbocycles. The zero-order valence-corrected chi connectivity index (χ0v) is 11.7. The zero-order valence-electron chi connectivity index (χ0n) is 10.9. The molecule has 0 atom stereocenters. The fraction of sp³-hybridized carbons (Fsp3) is 0.500. The molecule has 1 aromatic carbocycles. The summed E-state index contributed by atoms with van der Waals surface area (Å²) in [6, 6.07) is 9.22. The highest BCUT2D eigenvalue weighted by molar-refractivity contribution is 7.92. The molecule has 100 valence electrons. The van der Waals surface area contributed by atoms with Gasteiger partial charge in [-0.25, -0.2) is 8.42 Å². The molecule has 1 rings (SSSR count). The third-order valence-corrected chi connectivity index (χ3v) is 4.25. The Hall–Kier alpha value is -1.16. The van der Waals surface area contributed by atoms with Gasteiger partial charge in [0.05, 0.1) is 5.75 Å². The first-order chi connectivity index (χ1) is 8.39. The van der Waals surface area contributed by atoms with Gasteiger partial charge in [0, 0.05) is 6.42 Å². The van der Waals surface area contributed by atoms with Crippen molar-refractivity contribution < 1.29 is 13.2 Å². The van der Waals surface area contributed by atoms with Crippen molar-refractivity contribution in [2.45, 2.75) is 26.7 Å². The Morgan fingerprint density at radius 1 is 1.17 bits per heavy atom. The lowest BCUT2D eigenvalue weighted by molar-refractivity contribution is -0.116. The van der Waals surface area contributed by atoms with Crippen LogP contribution in [-0.2, 0) is 21.1 Å². The molecule has 0 fully saturated rings. The number of ketones is 1. The molecule has 0 aromatic heterocycles. The monoisotopic (exact) mass is 268 g/mol. The van der Waals surface area contributed by atoms with Gasteiger partial charge in [-0.2, -0.15) is 0 Å². The average Bonchev–Trinajstić information content (AvgIpc) is 2.27. The maximum atomic E-state index is 11.7. The second kappa shape index (κ2) is 6.69. The van der Waals surface area contributed by atoms with E-state index in [1.807, 2.05) is 44.2 Å². The predicted octanol–water partition coefficient (Wildman–Crippen LogP) is 2.26. The Bertz CT molecular complexity index is 475. The van der Waals surface area contributed by atoms with Crippen LogP contribution in [-0.4, -0.2) is 25.7 Å². The molecule has 0 aliphatic rings. The van der Waals surface area contributed by atoms with Crippen molar-refractivity contribution in [2.75, 3.05) is 11.5 Å². The third kappa shape index (κ3) is 5.96. The lowest BCUT2D eigenvalue weighted by atomic mass is 10.1. The summed E-state index contributed by atoms with van der Waals surface area (Å²) >= 11 is 0. The van der Waals surface area contributed by atoms with Gasteiger partial charge in [-0.3, -0.25) is 4.79 Å². The summed E-state index contributed by atoms with van der Waals surface area (Å²) in [5, 5.41) is 0. The summed E-state index contributed by atoms with van der Waals surface area (Å²) in [4.78, 5) is 11.7.